The summed E-state index contributed by atoms with van der Waals surface area (Å²) in [5, 5.41) is 0. The van der Waals surface area contributed by atoms with Crippen molar-refractivity contribution in [2.24, 2.45) is 11.7 Å². The van der Waals surface area contributed by atoms with Crippen molar-refractivity contribution < 1.29 is 4.42 Å². The maximum absolute atomic E-state index is 5.62. The van der Waals surface area contributed by atoms with Crippen LogP contribution in [0.1, 0.15) is 49.7 Å². The summed E-state index contributed by atoms with van der Waals surface area (Å²) in [7, 11) is 2.23. The maximum atomic E-state index is 5.62. The molecule has 0 radical (unpaired) electrons. The molecule has 1 fully saturated rings. The average molecular weight is 250 g/mol. The van der Waals surface area contributed by atoms with E-state index in [1.54, 1.807) is 0 Å². The molecule has 1 saturated carbocycles. The quantitative estimate of drug-likeness (QED) is 0.893. The lowest BCUT2D eigenvalue weighted by molar-refractivity contribution is 0.157. The second-order valence-electron chi connectivity index (χ2n) is 5.84. The predicted octanol–water partition coefficient (Wildman–Crippen LogP) is 3.06. The Balaban J connectivity index is 1.97. The Morgan fingerprint density at radius 1 is 1.44 bits per heavy atom. The number of aryl methyl sites for hydroxylation is 1. The summed E-state index contributed by atoms with van der Waals surface area (Å²) in [6.07, 6.45) is 5.43. The fraction of sp³-hybridized carbons (Fsp3) is 0.733. The number of furan rings is 1. The third-order valence-corrected chi connectivity index (χ3v) is 4.22. The van der Waals surface area contributed by atoms with Gasteiger partial charge in [0.15, 0.2) is 0 Å². The highest BCUT2D eigenvalue weighted by molar-refractivity contribution is 5.20. The molecule has 0 aliphatic heterocycles. The Hall–Kier alpha value is -0.800. The minimum Gasteiger partial charge on any atom is -0.465 e. The van der Waals surface area contributed by atoms with Crippen LogP contribution in [0.5, 0.6) is 0 Å². The first-order chi connectivity index (χ1) is 8.60. The summed E-state index contributed by atoms with van der Waals surface area (Å²) in [5.41, 5.74) is 6.90. The molecule has 0 amide bonds. The molecule has 2 unspecified atom stereocenters. The van der Waals surface area contributed by atoms with E-state index in [1.807, 2.05) is 6.92 Å². The van der Waals surface area contributed by atoms with E-state index in [9.17, 15) is 0 Å². The molecule has 0 saturated heterocycles. The van der Waals surface area contributed by atoms with E-state index in [0.29, 0.717) is 6.54 Å². The zero-order chi connectivity index (χ0) is 13.1. The van der Waals surface area contributed by atoms with Gasteiger partial charge in [0.2, 0.25) is 0 Å². The number of rotatable bonds is 4. The topological polar surface area (TPSA) is 42.4 Å². The summed E-state index contributed by atoms with van der Waals surface area (Å²) < 4.78 is 5.62. The van der Waals surface area contributed by atoms with Gasteiger partial charge >= 0.3 is 0 Å². The van der Waals surface area contributed by atoms with Gasteiger partial charge in [-0.2, -0.15) is 0 Å². The standard InChI is InChI=1S/C15H26N2O/c1-11-5-4-6-14(7-11)17(3)10-13-8-15(9-16)18-12(13)2/h8,11,14H,4-7,9-10,16H2,1-3H3. The predicted molar refractivity (Wildman–Crippen MR) is 74.2 cm³/mol. The van der Waals surface area contributed by atoms with Crippen LogP contribution >= 0.6 is 0 Å². The van der Waals surface area contributed by atoms with Crippen molar-refractivity contribution in [1.29, 1.82) is 0 Å². The van der Waals surface area contributed by atoms with Crippen LogP contribution in [0.4, 0.5) is 0 Å². The van der Waals surface area contributed by atoms with Gasteiger partial charge in [0, 0.05) is 18.2 Å². The molecule has 1 heterocycles. The second-order valence-corrected chi connectivity index (χ2v) is 5.84. The van der Waals surface area contributed by atoms with Gasteiger partial charge in [-0.25, -0.2) is 0 Å². The Morgan fingerprint density at radius 2 is 2.22 bits per heavy atom. The van der Waals surface area contributed by atoms with E-state index in [1.165, 1.54) is 31.2 Å². The van der Waals surface area contributed by atoms with Gasteiger partial charge in [-0.05, 0) is 38.8 Å². The molecule has 3 heteroatoms. The summed E-state index contributed by atoms with van der Waals surface area (Å²) in [4.78, 5) is 2.48. The van der Waals surface area contributed by atoms with Gasteiger partial charge < -0.3 is 10.2 Å². The lowest BCUT2D eigenvalue weighted by Crippen LogP contribution is -2.35. The van der Waals surface area contributed by atoms with E-state index >= 15 is 0 Å². The summed E-state index contributed by atoms with van der Waals surface area (Å²) in [6.45, 7) is 5.87. The van der Waals surface area contributed by atoms with E-state index in [2.05, 4.69) is 24.9 Å². The van der Waals surface area contributed by atoms with Crippen molar-refractivity contribution in [3.8, 4) is 0 Å². The highest BCUT2D eigenvalue weighted by Crippen LogP contribution is 2.28. The van der Waals surface area contributed by atoms with E-state index in [0.717, 1.165) is 30.0 Å². The van der Waals surface area contributed by atoms with E-state index in [4.69, 9.17) is 10.2 Å². The molecular formula is C15H26N2O. The number of hydrogen-bond donors (Lipinski definition) is 1. The third kappa shape index (κ3) is 3.15. The van der Waals surface area contributed by atoms with Gasteiger partial charge in [-0.1, -0.05) is 19.8 Å². The smallest absolute Gasteiger partial charge is 0.118 e. The monoisotopic (exact) mass is 250 g/mol. The van der Waals surface area contributed by atoms with Crippen molar-refractivity contribution in [2.75, 3.05) is 7.05 Å². The summed E-state index contributed by atoms with van der Waals surface area (Å²) in [6, 6.07) is 2.84. The lowest BCUT2D eigenvalue weighted by atomic mass is 9.86. The molecule has 2 atom stereocenters. The van der Waals surface area contributed by atoms with E-state index in [-0.39, 0.29) is 0 Å². The molecule has 102 valence electrons. The van der Waals surface area contributed by atoms with Gasteiger partial charge in [0.25, 0.3) is 0 Å². The fourth-order valence-corrected chi connectivity index (χ4v) is 3.05. The highest BCUT2D eigenvalue weighted by atomic mass is 16.3. The van der Waals surface area contributed by atoms with Crippen LogP contribution in [0.25, 0.3) is 0 Å². The van der Waals surface area contributed by atoms with Crippen molar-refractivity contribution in [1.82, 2.24) is 4.90 Å². The van der Waals surface area contributed by atoms with Gasteiger partial charge in [0.1, 0.15) is 11.5 Å². The SMILES string of the molecule is Cc1oc(CN)cc1CN(C)C1CCCC(C)C1. The maximum Gasteiger partial charge on any atom is 0.118 e. The van der Waals surface area contributed by atoms with Gasteiger partial charge in [-0.15, -0.1) is 0 Å². The molecule has 1 aromatic rings. The molecule has 3 nitrogen and oxygen atoms in total. The van der Waals surface area contributed by atoms with E-state index < -0.39 is 0 Å². The Labute approximate surface area is 110 Å². The van der Waals surface area contributed by atoms with Gasteiger partial charge in [0.05, 0.1) is 6.54 Å². The van der Waals surface area contributed by atoms with Crippen LogP contribution in [0.2, 0.25) is 0 Å². The first-order valence-electron chi connectivity index (χ1n) is 7.08. The molecule has 2 N–H and O–H groups in total. The minimum absolute atomic E-state index is 0.491. The molecule has 2 rings (SSSR count). The summed E-state index contributed by atoms with van der Waals surface area (Å²) in [5.74, 6) is 2.79. The Bertz CT molecular complexity index is 386. The summed E-state index contributed by atoms with van der Waals surface area (Å²) >= 11 is 0. The van der Waals surface area contributed by atoms with Crippen molar-refractivity contribution in [3.05, 3.63) is 23.2 Å². The van der Waals surface area contributed by atoms with Crippen LogP contribution < -0.4 is 5.73 Å². The first-order valence-corrected chi connectivity index (χ1v) is 7.08. The van der Waals surface area contributed by atoms with Gasteiger partial charge in [-0.3, -0.25) is 4.90 Å². The zero-order valence-electron chi connectivity index (χ0n) is 11.9. The molecular weight excluding hydrogens is 224 g/mol. The molecule has 1 aliphatic rings. The highest BCUT2D eigenvalue weighted by Gasteiger charge is 2.23. The third-order valence-electron chi connectivity index (χ3n) is 4.22. The largest absolute Gasteiger partial charge is 0.465 e. The average Bonchev–Trinajstić information content (AvgIpc) is 2.70. The van der Waals surface area contributed by atoms with Crippen LogP contribution in [-0.2, 0) is 13.1 Å². The number of nitrogens with two attached hydrogens (primary N) is 1. The van der Waals surface area contributed by atoms with Crippen LogP contribution in [0, 0.1) is 12.8 Å². The van der Waals surface area contributed by atoms with Crippen LogP contribution in [0.3, 0.4) is 0 Å². The van der Waals surface area contributed by atoms with Crippen molar-refractivity contribution in [3.63, 3.8) is 0 Å². The number of hydrogen-bond acceptors (Lipinski definition) is 3. The zero-order valence-corrected chi connectivity index (χ0v) is 11.9. The minimum atomic E-state index is 0.491. The fourth-order valence-electron chi connectivity index (χ4n) is 3.05. The van der Waals surface area contributed by atoms with Crippen LogP contribution in [-0.4, -0.2) is 18.0 Å². The molecule has 1 aromatic heterocycles. The van der Waals surface area contributed by atoms with Crippen molar-refractivity contribution >= 4 is 0 Å². The Morgan fingerprint density at radius 3 is 2.83 bits per heavy atom. The normalized spacial score (nSPS) is 24.7. The second kappa shape index (κ2) is 5.89. The van der Waals surface area contributed by atoms with Crippen molar-refractivity contribution in [2.45, 2.75) is 58.7 Å². The number of nitrogens with zero attached hydrogens (tertiary/aromatic N) is 1. The molecule has 0 aromatic carbocycles. The Kier molecular flexibility index (Phi) is 4.46. The molecule has 0 spiro atoms. The van der Waals surface area contributed by atoms with Crippen LogP contribution in [0.15, 0.2) is 10.5 Å². The first kappa shape index (κ1) is 13.6. The molecule has 0 bridgehead atoms. The lowest BCUT2D eigenvalue weighted by Gasteiger charge is -2.34. The molecule has 1 aliphatic carbocycles. The molecule has 18 heavy (non-hydrogen) atoms.